The topological polar surface area (TPSA) is 95.2 Å². The van der Waals surface area contributed by atoms with Crippen molar-refractivity contribution in [2.75, 3.05) is 0 Å². The minimum atomic E-state index is 0. The summed E-state index contributed by atoms with van der Waals surface area (Å²) in [6, 6.07) is 0. The molecule has 0 rings (SSSR count). The van der Waals surface area contributed by atoms with E-state index in [0.717, 1.165) is 0 Å². The SMILES string of the molecule is [C-]#N.[C-]#N.[C-]#N.[C-]#N.[K+].[Zn+2]. The molecule has 6 heteroatoms. The maximum absolute atomic E-state index is 6.25. The minimum absolute atomic E-state index is 0. The quantitative estimate of drug-likeness (QED) is 0.322. The van der Waals surface area contributed by atoms with Crippen LogP contribution in [0.4, 0.5) is 0 Å². The second-order valence-corrected chi connectivity index (χ2v) is 0. The number of hydrogen-bond donors (Lipinski definition) is 0. The fourth-order valence-electron chi connectivity index (χ4n) is 0. The predicted molar refractivity (Wildman–Crippen MR) is 19.9 cm³/mol. The second kappa shape index (κ2) is 12900. The van der Waals surface area contributed by atoms with Crippen LogP contribution in [0.1, 0.15) is 0 Å². The van der Waals surface area contributed by atoms with E-state index in [-0.39, 0.29) is 70.9 Å². The van der Waals surface area contributed by atoms with E-state index >= 15 is 0 Å². The molecule has 0 fully saturated rings. The molecule has 0 heterocycles. The van der Waals surface area contributed by atoms with E-state index in [1.54, 1.807) is 0 Å². The van der Waals surface area contributed by atoms with Crippen LogP contribution in [0.15, 0.2) is 0 Å². The fraction of sp³-hybridized carbons (Fsp3) is 0. The molecule has 0 amide bonds. The molecule has 0 aromatic heterocycles. The number of rotatable bonds is 0. The van der Waals surface area contributed by atoms with Gasteiger partial charge < -0.3 is 47.3 Å². The Morgan fingerprint density at radius 3 is 0.500 bits per heavy atom. The van der Waals surface area contributed by atoms with Crippen LogP contribution >= 0.6 is 0 Å². The van der Waals surface area contributed by atoms with Gasteiger partial charge in [0.05, 0.1) is 0 Å². The summed E-state index contributed by atoms with van der Waals surface area (Å²) in [6.07, 6.45) is 0. The van der Waals surface area contributed by atoms with Crippen molar-refractivity contribution in [1.29, 1.82) is 21.0 Å². The van der Waals surface area contributed by atoms with Crippen LogP contribution in [0.2, 0.25) is 0 Å². The molecular weight excluding hydrogens is 209 g/mol. The largest absolute Gasteiger partial charge is 2.00 e. The molecule has 0 aromatic carbocycles. The van der Waals surface area contributed by atoms with Crippen molar-refractivity contribution in [3.05, 3.63) is 26.3 Å². The van der Waals surface area contributed by atoms with Crippen LogP contribution < -0.4 is 51.4 Å². The van der Waals surface area contributed by atoms with Gasteiger partial charge in [-0.05, 0) is 0 Å². The van der Waals surface area contributed by atoms with Crippen LogP contribution in [0.5, 0.6) is 0 Å². The van der Waals surface area contributed by atoms with Crippen LogP contribution in [0.25, 0.3) is 0 Å². The third kappa shape index (κ3) is 8870. The van der Waals surface area contributed by atoms with E-state index in [4.69, 9.17) is 47.3 Å². The molecule has 0 aliphatic rings. The molecule has 0 aromatic rings. The summed E-state index contributed by atoms with van der Waals surface area (Å²) in [5.74, 6) is 0. The van der Waals surface area contributed by atoms with Gasteiger partial charge in [0.25, 0.3) is 0 Å². The molecule has 0 saturated heterocycles. The van der Waals surface area contributed by atoms with E-state index in [2.05, 4.69) is 0 Å². The van der Waals surface area contributed by atoms with Crippen LogP contribution in [0.3, 0.4) is 0 Å². The standard InChI is InChI=1S/4CN.K.Zn/c4*1-2;;/q4*-1;+1;+2. The molecule has 0 saturated carbocycles. The van der Waals surface area contributed by atoms with Gasteiger partial charge >= 0.3 is 70.9 Å². The third-order valence-corrected chi connectivity index (χ3v) is 0. The van der Waals surface area contributed by atoms with Crippen LogP contribution in [-0.4, -0.2) is 0 Å². The summed E-state index contributed by atoms with van der Waals surface area (Å²) < 4.78 is 0. The first kappa shape index (κ1) is 48.8. The molecule has 0 bridgehead atoms. The molecule has 0 aliphatic carbocycles. The molecular formula is C4KN4Zn-. The fourth-order valence-corrected chi connectivity index (χ4v) is 0. The van der Waals surface area contributed by atoms with Gasteiger partial charge in [0.15, 0.2) is 0 Å². The van der Waals surface area contributed by atoms with E-state index in [9.17, 15) is 0 Å². The molecule has 40 valence electrons. The summed E-state index contributed by atoms with van der Waals surface area (Å²) in [4.78, 5) is 0. The first-order valence-electron chi connectivity index (χ1n) is 0.894. The Morgan fingerprint density at radius 1 is 0.500 bits per heavy atom. The normalized spacial score (nSPS) is 0.800. The Balaban J connectivity index is -0.00000000500. The third-order valence-electron chi connectivity index (χ3n) is 0. The van der Waals surface area contributed by atoms with E-state index in [1.807, 2.05) is 0 Å². The van der Waals surface area contributed by atoms with Crippen molar-refractivity contribution in [3.63, 3.8) is 0 Å². The van der Waals surface area contributed by atoms with Crippen molar-refractivity contribution >= 4 is 0 Å². The first-order valence-corrected chi connectivity index (χ1v) is 0.894. The Labute approximate surface area is 116 Å². The Morgan fingerprint density at radius 2 is 0.500 bits per heavy atom. The zero-order valence-electron chi connectivity index (χ0n) is 5.50. The summed E-state index contributed by atoms with van der Waals surface area (Å²) in [5.41, 5.74) is 0. The average molecular weight is 209 g/mol. The van der Waals surface area contributed by atoms with Gasteiger partial charge in [-0.3, -0.25) is 0 Å². The summed E-state index contributed by atoms with van der Waals surface area (Å²) in [6.45, 7) is 19.0. The van der Waals surface area contributed by atoms with Crippen LogP contribution in [-0.2, 0) is 19.5 Å². The molecule has 10 heavy (non-hydrogen) atoms. The summed E-state index contributed by atoms with van der Waals surface area (Å²) in [5, 5.41) is 25.0. The molecule has 4 nitrogen and oxygen atoms in total. The molecule has 0 atom stereocenters. The van der Waals surface area contributed by atoms with E-state index < -0.39 is 0 Å². The summed E-state index contributed by atoms with van der Waals surface area (Å²) >= 11 is 0. The number of hydrogen-bond acceptors (Lipinski definition) is 4. The Hall–Kier alpha value is 0.220. The number of nitrogens with zero attached hydrogens (tertiary/aromatic N) is 4. The smallest absolute Gasteiger partial charge is 0.512 e. The first-order chi connectivity index (χ1) is 4.00. The van der Waals surface area contributed by atoms with Gasteiger partial charge in [-0.15, -0.1) is 0 Å². The maximum atomic E-state index is 6.25. The average Bonchev–Trinajstić information content (AvgIpc) is 2.03. The van der Waals surface area contributed by atoms with Gasteiger partial charge in [0, 0.05) is 0 Å². The van der Waals surface area contributed by atoms with Gasteiger partial charge in [0.2, 0.25) is 0 Å². The zero-order chi connectivity index (χ0) is 8.00. The maximum Gasteiger partial charge on any atom is 2.00 e. The Bertz CT molecular complexity index is 60.2. The molecule has 0 unspecified atom stereocenters. The van der Waals surface area contributed by atoms with E-state index in [1.165, 1.54) is 0 Å². The molecule has 0 spiro atoms. The molecule has 0 radical (unpaired) electrons. The zero-order valence-corrected chi connectivity index (χ0v) is 11.6. The van der Waals surface area contributed by atoms with Crippen molar-refractivity contribution in [1.82, 2.24) is 0 Å². The van der Waals surface area contributed by atoms with Crippen molar-refractivity contribution in [2.24, 2.45) is 0 Å². The van der Waals surface area contributed by atoms with Crippen molar-refractivity contribution in [3.8, 4) is 0 Å². The monoisotopic (exact) mass is 207 g/mol. The van der Waals surface area contributed by atoms with Crippen molar-refractivity contribution < 1.29 is 70.9 Å². The molecule has 0 N–H and O–H groups in total. The predicted octanol–water partition coefficient (Wildman–Crippen LogP) is -2.61. The van der Waals surface area contributed by atoms with Gasteiger partial charge in [-0.1, -0.05) is 0 Å². The second-order valence-electron chi connectivity index (χ2n) is 0. The van der Waals surface area contributed by atoms with Crippen LogP contribution in [0, 0.1) is 47.3 Å². The molecule has 0 aliphatic heterocycles. The summed E-state index contributed by atoms with van der Waals surface area (Å²) in [7, 11) is 0. The van der Waals surface area contributed by atoms with Crippen molar-refractivity contribution in [2.45, 2.75) is 0 Å². The van der Waals surface area contributed by atoms with Gasteiger partial charge in [0.1, 0.15) is 0 Å². The van der Waals surface area contributed by atoms with Gasteiger partial charge in [-0.25, -0.2) is 0 Å². The minimum Gasteiger partial charge on any atom is -0.512 e. The Kier molecular flexibility index (Phi) is 62900. The van der Waals surface area contributed by atoms with Gasteiger partial charge in [-0.2, -0.15) is 0 Å². The van der Waals surface area contributed by atoms with E-state index in [0.29, 0.717) is 0 Å².